The number of ether oxygens (including phenoxy) is 2. The lowest BCUT2D eigenvalue weighted by molar-refractivity contribution is -0.123. The molecule has 0 saturated carbocycles. The molecule has 6 nitrogen and oxygen atoms in total. The van der Waals surface area contributed by atoms with Crippen LogP contribution in [0, 0.1) is 11.3 Å². The molecule has 1 amide bonds. The molecule has 0 bridgehead atoms. The van der Waals surface area contributed by atoms with Crippen molar-refractivity contribution in [1.29, 1.82) is 5.26 Å². The van der Waals surface area contributed by atoms with Gasteiger partial charge in [0.15, 0.2) is 6.61 Å². The Labute approximate surface area is 163 Å². The van der Waals surface area contributed by atoms with Crippen LogP contribution in [-0.2, 0) is 4.79 Å². The molecule has 0 aliphatic carbocycles. The Morgan fingerprint density at radius 3 is 2.64 bits per heavy atom. The Kier molecular flexibility index (Phi) is 5.87. The van der Waals surface area contributed by atoms with E-state index in [9.17, 15) is 4.79 Å². The molecule has 3 aromatic rings. The third-order valence-corrected chi connectivity index (χ3v) is 4.18. The smallest absolute Gasteiger partial charge is 0.277 e. The van der Waals surface area contributed by atoms with E-state index in [-0.39, 0.29) is 6.61 Å². The number of nitriles is 1. The van der Waals surface area contributed by atoms with Crippen LogP contribution in [0.2, 0.25) is 0 Å². The molecule has 0 aliphatic heterocycles. The van der Waals surface area contributed by atoms with Gasteiger partial charge < -0.3 is 9.47 Å². The quantitative estimate of drug-likeness (QED) is 0.528. The lowest BCUT2D eigenvalue weighted by atomic mass is 10.0. The minimum atomic E-state index is -0.405. The number of methoxy groups -OCH3 is 1. The van der Waals surface area contributed by atoms with Crippen LogP contribution in [0.15, 0.2) is 65.8 Å². The molecule has 0 atom stereocenters. The molecule has 0 fully saturated rings. The molecule has 0 unspecified atom stereocenters. The lowest BCUT2D eigenvalue weighted by Crippen LogP contribution is -2.25. The van der Waals surface area contributed by atoms with Gasteiger partial charge in [-0.3, -0.25) is 4.79 Å². The maximum atomic E-state index is 12.0. The summed E-state index contributed by atoms with van der Waals surface area (Å²) in [6.07, 6.45) is 0. The highest BCUT2D eigenvalue weighted by Gasteiger charge is 2.07. The van der Waals surface area contributed by atoms with Crippen LogP contribution in [0.1, 0.15) is 18.1 Å². The fourth-order valence-electron chi connectivity index (χ4n) is 2.65. The molecular formula is C22H19N3O3. The molecule has 0 radical (unpaired) electrons. The highest BCUT2D eigenvalue weighted by molar-refractivity contribution is 6.02. The molecule has 0 aromatic heterocycles. The first kappa shape index (κ1) is 18.9. The van der Waals surface area contributed by atoms with Crippen molar-refractivity contribution in [2.75, 3.05) is 13.7 Å². The first-order valence-corrected chi connectivity index (χ1v) is 8.64. The molecule has 0 heterocycles. The van der Waals surface area contributed by atoms with Crippen molar-refractivity contribution in [2.24, 2.45) is 5.10 Å². The monoisotopic (exact) mass is 373 g/mol. The molecule has 1 N–H and O–H groups in total. The van der Waals surface area contributed by atoms with Gasteiger partial charge in [0.2, 0.25) is 0 Å². The van der Waals surface area contributed by atoms with Crippen LogP contribution in [0.3, 0.4) is 0 Å². The topological polar surface area (TPSA) is 83.7 Å². The number of carbonyl (C=O) groups excluding carboxylic acids is 1. The van der Waals surface area contributed by atoms with Gasteiger partial charge in [-0.2, -0.15) is 10.4 Å². The van der Waals surface area contributed by atoms with E-state index in [1.54, 1.807) is 31.4 Å². The van der Waals surface area contributed by atoms with Crippen molar-refractivity contribution in [3.8, 4) is 17.6 Å². The number of fused-ring (bicyclic) bond motifs is 1. The van der Waals surface area contributed by atoms with Crippen LogP contribution in [-0.4, -0.2) is 25.3 Å². The van der Waals surface area contributed by atoms with E-state index in [4.69, 9.17) is 14.7 Å². The number of para-hydroxylation sites is 1. The predicted molar refractivity (Wildman–Crippen MR) is 108 cm³/mol. The highest BCUT2D eigenvalue weighted by Crippen LogP contribution is 2.22. The van der Waals surface area contributed by atoms with Gasteiger partial charge in [-0.15, -0.1) is 0 Å². The fourth-order valence-corrected chi connectivity index (χ4v) is 2.65. The van der Waals surface area contributed by atoms with Crippen LogP contribution >= 0.6 is 0 Å². The first-order chi connectivity index (χ1) is 13.6. The Morgan fingerprint density at radius 1 is 1.11 bits per heavy atom. The molecule has 3 aromatic carbocycles. The average molecular weight is 373 g/mol. The van der Waals surface area contributed by atoms with Crippen LogP contribution in [0.4, 0.5) is 0 Å². The van der Waals surface area contributed by atoms with Crippen molar-refractivity contribution >= 4 is 22.4 Å². The number of nitrogens with one attached hydrogen (secondary N) is 1. The minimum Gasteiger partial charge on any atom is -0.497 e. The third kappa shape index (κ3) is 4.46. The molecule has 140 valence electrons. The molecular weight excluding hydrogens is 354 g/mol. The summed E-state index contributed by atoms with van der Waals surface area (Å²) in [6, 6.07) is 20.5. The van der Waals surface area contributed by atoms with Crippen molar-refractivity contribution < 1.29 is 14.3 Å². The summed E-state index contributed by atoms with van der Waals surface area (Å²) in [5.41, 5.74) is 4.42. The van der Waals surface area contributed by atoms with Gasteiger partial charge >= 0.3 is 0 Å². The number of hydrogen-bond acceptors (Lipinski definition) is 5. The van der Waals surface area contributed by atoms with E-state index < -0.39 is 5.91 Å². The molecule has 6 heteroatoms. The molecule has 28 heavy (non-hydrogen) atoms. The van der Waals surface area contributed by atoms with Gasteiger partial charge in [0.1, 0.15) is 17.6 Å². The number of hydrazone groups is 1. The van der Waals surface area contributed by atoms with E-state index in [0.29, 0.717) is 17.0 Å². The number of hydrogen-bond donors (Lipinski definition) is 1. The summed E-state index contributed by atoms with van der Waals surface area (Å²) in [4.78, 5) is 12.0. The SMILES string of the molecule is COc1ccc2cc(/C(C)=N/NC(=O)COc3ccccc3C#N)ccc2c1. The van der Waals surface area contributed by atoms with E-state index in [2.05, 4.69) is 10.5 Å². The number of benzene rings is 3. The Hall–Kier alpha value is -3.85. The summed E-state index contributed by atoms with van der Waals surface area (Å²) in [5, 5.41) is 15.3. The van der Waals surface area contributed by atoms with Crippen molar-refractivity contribution in [1.82, 2.24) is 5.43 Å². The Morgan fingerprint density at radius 2 is 1.86 bits per heavy atom. The van der Waals surface area contributed by atoms with E-state index in [1.807, 2.05) is 49.4 Å². The predicted octanol–water partition coefficient (Wildman–Crippen LogP) is 3.64. The zero-order valence-corrected chi connectivity index (χ0v) is 15.6. The summed E-state index contributed by atoms with van der Waals surface area (Å²) in [5.74, 6) is 0.763. The van der Waals surface area contributed by atoms with Gasteiger partial charge in [-0.25, -0.2) is 5.43 Å². The maximum absolute atomic E-state index is 12.0. The average Bonchev–Trinajstić information content (AvgIpc) is 2.75. The summed E-state index contributed by atoms with van der Waals surface area (Å²) < 4.78 is 10.6. The second kappa shape index (κ2) is 8.69. The van der Waals surface area contributed by atoms with Crippen LogP contribution in [0.25, 0.3) is 10.8 Å². The second-order valence-corrected chi connectivity index (χ2v) is 6.06. The number of carbonyl (C=O) groups is 1. The van der Waals surface area contributed by atoms with E-state index in [1.165, 1.54) is 0 Å². The zero-order chi connectivity index (χ0) is 19.9. The fraction of sp³-hybridized carbons (Fsp3) is 0.136. The Bertz CT molecular complexity index is 1080. The van der Waals surface area contributed by atoms with Gasteiger partial charge in [0, 0.05) is 0 Å². The van der Waals surface area contributed by atoms with Crippen LogP contribution in [0.5, 0.6) is 11.5 Å². The van der Waals surface area contributed by atoms with Gasteiger partial charge in [-0.05, 0) is 53.6 Å². The minimum absolute atomic E-state index is 0.229. The molecule has 3 rings (SSSR count). The molecule has 0 spiro atoms. The number of amides is 1. The normalized spacial score (nSPS) is 11.0. The zero-order valence-electron chi connectivity index (χ0n) is 15.6. The van der Waals surface area contributed by atoms with Crippen LogP contribution < -0.4 is 14.9 Å². The first-order valence-electron chi connectivity index (χ1n) is 8.64. The largest absolute Gasteiger partial charge is 0.497 e. The summed E-state index contributed by atoms with van der Waals surface area (Å²) in [6.45, 7) is 1.59. The standard InChI is InChI=1S/C22H19N3O3/c1-15(16-7-8-18-12-20(27-2)10-9-17(18)11-16)24-25-22(26)14-28-21-6-4-3-5-19(21)13-23/h3-12H,14H2,1-2H3,(H,25,26)/b24-15+. The van der Waals surface area contributed by atoms with Crippen molar-refractivity contribution in [3.05, 3.63) is 71.8 Å². The Balaban J connectivity index is 1.64. The molecule has 0 aliphatic rings. The number of rotatable bonds is 6. The second-order valence-electron chi connectivity index (χ2n) is 6.06. The van der Waals surface area contributed by atoms with Gasteiger partial charge in [-0.1, -0.05) is 30.3 Å². The summed E-state index contributed by atoms with van der Waals surface area (Å²) >= 11 is 0. The number of nitrogens with zero attached hydrogens (tertiary/aromatic N) is 2. The third-order valence-electron chi connectivity index (χ3n) is 4.18. The van der Waals surface area contributed by atoms with Gasteiger partial charge in [0.25, 0.3) is 5.91 Å². The maximum Gasteiger partial charge on any atom is 0.277 e. The van der Waals surface area contributed by atoms with Crippen molar-refractivity contribution in [3.63, 3.8) is 0 Å². The van der Waals surface area contributed by atoms with E-state index >= 15 is 0 Å². The van der Waals surface area contributed by atoms with E-state index in [0.717, 1.165) is 22.1 Å². The molecule has 0 saturated heterocycles. The lowest BCUT2D eigenvalue weighted by Gasteiger charge is -2.08. The highest BCUT2D eigenvalue weighted by atomic mass is 16.5. The van der Waals surface area contributed by atoms with Gasteiger partial charge in [0.05, 0.1) is 18.4 Å². The summed E-state index contributed by atoms with van der Waals surface area (Å²) in [7, 11) is 1.64. The van der Waals surface area contributed by atoms with Crippen molar-refractivity contribution in [2.45, 2.75) is 6.92 Å².